The van der Waals surface area contributed by atoms with E-state index >= 15 is 0 Å². The van der Waals surface area contributed by atoms with Gasteiger partial charge in [0.05, 0.1) is 13.2 Å². The molecule has 0 aromatic carbocycles. The third kappa shape index (κ3) is 7.24. The molecule has 1 aliphatic rings. The molecule has 2 N–H and O–H groups in total. The Morgan fingerprint density at radius 1 is 1.56 bits per heavy atom. The molecule has 0 aliphatic carbocycles. The van der Waals surface area contributed by atoms with Crippen LogP contribution in [0.25, 0.3) is 0 Å². The molecule has 0 saturated carbocycles. The maximum atomic E-state index is 10.9. The zero-order valence-electron chi connectivity index (χ0n) is 10.5. The summed E-state index contributed by atoms with van der Waals surface area (Å²) >= 11 is 0. The first-order valence-corrected chi connectivity index (χ1v) is 5.09. The molecule has 1 saturated heterocycles. The largest absolute Gasteiger partial charge is 1.00 e. The normalized spacial score (nSPS) is 13.9. The smallest absolute Gasteiger partial charge is 0.481 e. The number of H-pyrrole nitrogens is 1. The van der Waals surface area contributed by atoms with Gasteiger partial charge in [0, 0.05) is 32.2 Å². The number of rotatable bonds is 1. The number of carboxylic acids is 1. The quantitative estimate of drug-likeness (QED) is 0.409. The molecule has 8 heteroatoms. The van der Waals surface area contributed by atoms with Gasteiger partial charge in [0.2, 0.25) is 0 Å². The van der Waals surface area contributed by atoms with Crippen LogP contribution in [0.4, 0.5) is 5.82 Å². The number of morpholine rings is 1. The predicted molar refractivity (Wildman–Crippen MR) is 60.0 cm³/mol. The minimum Gasteiger partial charge on any atom is -0.481 e. The fourth-order valence-electron chi connectivity index (χ4n) is 1.28. The van der Waals surface area contributed by atoms with Crippen molar-refractivity contribution in [2.75, 3.05) is 31.2 Å². The van der Waals surface area contributed by atoms with E-state index in [0.717, 1.165) is 20.0 Å². The molecular formula is C10H14KN3O4. The monoisotopic (exact) mass is 279 g/mol. The Hall–Kier alpha value is -0.254. The average molecular weight is 279 g/mol. The number of aliphatic carboxylic acids is 1. The van der Waals surface area contributed by atoms with E-state index in [2.05, 4.69) is 16.3 Å². The topological polar surface area (TPSA) is 95.5 Å². The molecular weight excluding hydrogens is 265 g/mol. The van der Waals surface area contributed by atoms with Crippen LogP contribution in [-0.4, -0.2) is 47.3 Å². The van der Waals surface area contributed by atoms with E-state index < -0.39 is 5.97 Å². The minimum absolute atomic E-state index is 0. The number of aromatic amines is 1. The Labute approximate surface area is 147 Å². The summed E-state index contributed by atoms with van der Waals surface area (Å²) in [7, 11) is 0. The van der Waals surface area contributed by atoms with Crippen LogP contribution in [0.5, 0.6) is 0 Å². The van der Waals surface area contributed by atoms with Gasteiger partial charge < -0.3 is 29.5 Å². The number of hydrogen-bond donors (Lipinski definition) is 2. The fraction of sp³-hybridized carbons (Fsp3) is 0.500. The molecule has 2 rings (SSSR count). The molecule has 7 nitrogen and oxygen atoms in total. The van der Waals surface area contributed by atoms with Crippen LogP contribution < -0.4 is 61.8 Å². The Morgan fingerprint density at radius 3 is 2.61 bits per heavy atom. The van der Waals surface area contributed by atoms with Crippen molar-refractivity contribution in [3.63, 3.8) is 0 Å². The first kappa shape index (κ1) is 17.7. The number of nitrogens with zero attached hydrogens (tertiary/aromatic N) is 2. The summed E-state index contributed by atoms with van der Waals surface area (Å²) in [5.41, 5.74) is -0.170. The minimum atomic E-state index is -0.833. The molecule has 1 aromatic rings. The number of hydrogen-bond acceptors (Lipinski definition) is 5. The van der Waals surface area contributed by atoms with Crippen molar-refractivity contribution in [1.29, 1.82) is 0 Å². The predicted octanol–water partition coefficient (Wildman–Crippen LogP) is -3.50. The van der Waals surface area contributed by atoms with Crippen LogP contribution in [0, 0.1) is 6.33 Å². The standard InChI is InChI=1S/C8H10N3O2.C2H4O2.K/c12-8-5-7(9-6-10-8)11-1-3-13-4-2-11;1-2(3)4;/h5H,1-4H2,(H,9,10,12);1H3,(H,3,4);/q-1;;+1. The second kappa shape index (κ2) is 9.65. The van der Waals surface area contributed by atoms with Gasteiger partial charge in [-0.3, -0.25) is 4.79 Å². The Balaban J connectivity index is 0.000000512. The van der Waals surface area contributed by atoms with Crippen LogP contribution in [0.2, 0.25) is 0 Å². The van der Waals surface area contributed by atoms with Gasteiger partial charge in [-0.15, -0.1) is 0 Å². The molecule has 1 aromatic heterocycles. The molecule has 18 heavy (non-hydrogen) atoms. The van der Waals surface area contributed by atoms with E-state index in [1.807, 2.05) is 4.90 Å². The van der Waals surface area contributed by atoms with Crippen LogP contribution in [0.3, 0.4) is 0 Å². The summed E-state index contributed by atoms with van der Waals surface area (Å²) in [6.07, 6.45) is 2.46. The maximum Gasteiger partial charge on any atom is 1.00 e. The summed E-state index contributed by atoms with van der Waals surface area (Å²) in [5.74, 6) is -0.160. The van der Waals surface area contributed by atoms with Crippen LogP contribution in [0.1, 0.15) is 6.92 Å². The van der Waals surface area contributed by atoms with Gasteiger partial charge in [-0.05, 0) is 0 Å². The van der Waals surface area contributed by atoms with Gasteiger partial charge in [0.15, 0.2) is 0 Å². The van der Waals surface area contributed by atoms with Gasteiger partial charge in [-0.2, -0.15) is 0 Å². The van der Waals surface area contributed by atoms with Crippen molar-refractivity contribution in [3.05, 3.63) is 22.7 Å². The summed E-state index contributed by atoms with van der Waals surface area (Å²) in [4.78, 5) is 28.3. The molecule has 1 aliphatic heterocycles. The number of ether oxygens (including phenoxy) is 1. The Morgan fingerprint density at radius 2 is 2.11 bits per heavy atom. The first-order chi connectivity index (χ1) is 8.09. The zero-order chi connectivity index (χ0) is 12.7. The molecule has 2 heterocycles. The summed E-state index contributed by atoms with van der Waals surface area (Å²) in [5, 5.41) is 7.42. The van der Waals surface area contributed by atoms with E-state index in [9.17, 15) is 4.79 Å². The molecule has 0 radical (unpaired) electrons. The number of anilines is 1. The number of aromatic nitrogens is 2. The molecule has 0 bridgehead atoms. The number of carbonyl (C=O) groups is 1. The van der Waals surface area contributed by atoms with Crippen molar-refractivity contribution in [3.8, 4) is 0 Å². The summed E-state index contributed by atoms with van der Waals surface area (Å²) in [6, 6.07) is 1.47. The van der Waals surface area contributed by atoms with E-state index in [1.54, 1.807) is 0 Å². The molecule has 94 valence electrons. The molecule has 1 fully saturated rings. The van der Waals surface area contributed by atoms with Crippen molar-refractivity contribution in [2.24, 2.45) is 0 Å². The van der Waals surface area contributed by atoms with E-state index in [-0.39, 0.29) is 56.9 Å². The SMILES string of the molecule is CC(=O)O.O=c1cc(N2CCOCC2)n[c-][nH]1.[K+]. The van der Waals surface area contributed by atoms with Gasteiger partial charge in [0.1, 0.15) is 5.56 Å². The second-order valence-corrected chi connectivity index (χ2v) is 3.33. The van der Waals surface area contributed by atoms with Crippen molar-refractivity contribution < 1.29 is 66.0 Å². The first-order valence-electron chi connectivity index (χ1n) is 5.09. The van der Waals surface area contributed by atoms with E-state index in [0.29, 0.717) is 19.0 Å². The van der Waals surface area contributed by atoms with Crippen LogP contribution in [0.15, 0.2) is 10.9 Å². The third-order valence-corrected chi connectivity index (χ3v) is 1.94. The van der Waals surface area contributed by atoms with Gasteiger partial charge in [0.25, 0.3) is 5.97 Å². The molecule has 0 atom stereocenters. The fourth-order valence-corrected chi connectivity index (χ4v) is 1.28. The molecule has 0 unspecified atom stereocenters. The van der Waals surface area contributed by atoms with Crippen molar-refractivity contribution in [2.45, 2.75) is 6.92 Å². The van der Waals surface area contributed by atoms with Crippen molar-refractivity contribution >= 4 is 11.8 Å². The van der Waals surface area contributed by atoms with E-state index in [1.165, 1.54) is 6.07 Å². The van der Waals surface area contributed by atoms with Gasteiger partial charge in [-0.25, -0.2) is 0 Å². The second-order valence-electron chi connectivity index (χ2n) is 3.33. The van der Waals surface area contributed by atoms with Crippen LogP contribution >= 0.6 is 0 Å². The zero-order valence-corrected chi connectivity index (χ0v) is 13.6. The third-order valence-electron chi connectivity index (χ3n) is 1.94. The summed E-state index contributed by atoms with van der Waals surface area (Å²) < 4.78 is 5.19. The molecule has 0 spiro atoms. The number of carboxylic acid groups (broad SMARTS) is 1. The van der Waals surface area contributed by atoms with Crippen molar-refractivity contribution in [1.82, 2.24) is 9.97 Å². The van der Waals surface area contributed by atoms with Gasteiger partial charge in [-0.1, -0.05) is 6.07 Å². The average Bonchev–Trinajstić information content (AvgIpc) is 2.29. The van der Waals surface area contributed by atoms with Gasteiger partial charge >= 0.3 is 51.4 Å². The number of nitrogens with one attached hydrogen (secondary N) is 1. The maximum absolute atomic E-state index is 10.9. The summed E-state index contributed by atoms with van der Waals surface area (Å²) in [6.45, 7) is 4.03. The Bertz CT molecular complexity index is 414. The van der Waals surface area contributed by atoms with Crippen LogP contribution in [-0.2, 0) is 9.53 Å². The van der Waals surface area contributed by atoms with E-state index in [4.69, 9.17) is 14.6 Å². The Kier molecular flexibility index (Phi) is 9.51. The molecule has 0 amide bonds.